The molecule has 0 unspecified atom stereocenters. The van der Waals surface area contributed by atoms with Gasteiger partial charge in [-0.2, -0.15) is 0 Å². The molecule has 0 amide bonds. The Balaban J connectivity index is 2.38. The van der Waals surface area contributed by atoms with Crippen LogP contribution in [0.4, 0.5) is 0 Å². The molecule has 0 saturated carbocycles. The summed E-state index contributed by atoms with van der Waals surface area (Å²) in [7, 11) is 1.62. The zero-order valence-electron chi connectivity index (χ0n) is 10.0. The number of methoxy groups -OCH3 is 1. The lowest BCUT2D eigenvalue weighted by atomic mass is 9.97. The van der Waals surface area contributed by atoms with Crippen molar-refractivity contribution in [2.24, 2.45) is 5.41 Å². The molecule has 0 fully saturated rings. The van der Waals surface area contributed by atoms with Gasteiger partial charge in [0.05, 0.1) is 7.11 Å². The smallest absolute Gasteiger partial charge is 0.212 e. The van der Waals surface area contributed by atoms with Crippen LogP contribution in [0.5, 0.6) is 5.88 Å². The summed E-state index contributed by atoms with van der Waals surface area (Å²) in [5, 5.41) is 3.40. The summed E-state index contributed by atoms with van der Waals surface area (Å²) in [5.41, 5.74) is 1.50. The SMILES string of the molecule is COc1ccc(CNCC(C)(C)C)cn1. The quantitative estimate of drug-likeness (QED) is 0.824. The molecule has 0 bridgehead atoms. The first-order valence-corrected chi connectivity index (χ1v) is 5.21. The molecule has 3 nitrogen and oxygen atoms in total. The Labute approximate surface area is 91.9 Å². The number of pyridine rings is 1. The zero-order chi connectivity index (χ0) is 11.3. The molecule has 0 aliphatic heterocycles. The first kappa shape index (κ1) is 12.0. The van der Waals surface area contributed by atoms with Gasteiger partial charge < -0.3 is 10.1 Å². The Morgan fingerprint density at radius 1 is 1.33 bits per heavy atom. The number of hydrogen-bond donors (Lipinski definition) is 1. The second kappa shape index (κ2) is 5.12. The molecule has 3 heteroatoms. The summed E-state index contributed by atoms with van der Waals surface area (Å²) < 4.78 is 5.00. The van der Waals surface area contributed by atoms with Crippen LogP contribution in [0.25, 0.3) is 0 Å². The molecule has 0 spiro atoms. The molecule has 0 aromatic carbocycles. The maximum absolute atomic E-state index is 5.00. The lowest BCUT2D eigenvalue weighted by molar-refractivity contribution is 0.378. The van der Waals surface area contributed by atoms with Crippen molar-refractivity contribution >= 4 is 0 Å². The number of aromatic nitrogens is 1. The van der Waals surface area contributed by atoms with Crippen molar-refractivity contribution < 1.29 is 4.74 Å². The van der Waals surface area contributed by atoms with E-state index in [2.05, 4.69) is 31.1 Å². The zero-order valence-corrected chi connectivity index (χ0v) is 10.0. The van der Waals surface area contributed by atoms with Crippen molar-refractivity contribution in [2.75, 3.05) is 13.7 Å². The summed E-state index contributed by atoms with van der Waals surface area (Å²) in [6, 6.07) is 3.91. The first-order chi connectivity index (χ1) is 7.01. The Bertz CT molecular complexity index is 287. The fraction of sp³-hybridized carbons (Fsp3) is 0.583. The van der Waals surface area contributed by atoms with Crippen molar-refractivity contribution in [3.8, 4) is 5.88 Å². The lowest BCUT2D eigenvalue weighted by Crippen LogP contribution is -2.26. The van der Waals surface area contributed by atoms with Crippen molar-refractivity contribution in [1.82, 2.24) is 10.3 Å². The van der Waals surface area contributed by atoms with Crippen molar-refractivity contribution in [3.63, 3.8) is 0 Å². The molecule has 1 aromatic heterocycles. The standard InChI is InChI=1S/C12H20N2O/c1-12(2,3)9-13-7-10-5-6-11(15-4)14-8-10/h5-6,8,13H,7,9H2,1-4H3. The second-order valence-electron chi connectivity index (χ2n) is 4.87. The Morgan fingerprint density at radius 3 is 2.53 bits per heavy atom. The minimum atomic E-state index is 0.319. The van der Waals surface area contributed by atoms with E-state index in [1.165, 1.54) is 5.56 Å². The lowest BCUT2D eigenvalue weighted by Gasteiger charge is -2.18. The molecular weight excluding hydrogens is 188 g/mol. The Kier molecular flexibility index (Phi) is 4.09. The molecule has 1 N–H and O–H groups in total. The second-order valence-corrected chi connectivity index (χ2v) is 4.87. The third-order valence-corrected chi connectivity index (χ3v) is 1.99. The molecule has 0 saturated heterocycles. The van der Waals surface area contributed by atoms with Gasteiger partial charge in [-0.1, -0.05) is 26.8 Å². The highest BCUT2D eigenvalue weighted by Gasteiger charge is 2.08. The van der Waals surface area contributed by atoms with E-state index < -0.39 is 0 Å². The summed E-state index contributed by atoms with van der Waals surface area (Å²) in [6.07, 6.45) is 1.84. The van der Waals surface area contributed by atoms with Crippen LogP contribution in [0.1, 0.15) is 26.3 Å². The van der Waals surface area contributed by atoms with Gasteiger partial charge in [-0.05, 0) is 11.0 Å². The van der Waals surface area contributed by atoms with Crippen LogP contribution < -0.4 is 10.1 Å². The predicted molar refractivity (Wildman–Crippen MR) is 62.0 cm³/mol. The first-order valence-electron chi connectivity index (χ1n) is 5.21. The van der Waals surface area contributed by atoms with Crippen molar-refractivity contribution in [1.29, 1.82) is 0 Å². The number of nitrogens with zero attached hydrogens (tertiary/aromatic N) is 1. The summed E-state index contributed by atoms with van der Waals surface area (Å²) in [5.74, 6) is 0.662. The van der Waals surface area contributed by atoms with Crippen LogP contribution in [0.3, 0.4) is 0 Å². The molecule has 1 rings (SSSR count). The third kappa shape index (κ3) is 4.79. The summed E-state index contributed by atoms with van der Waals surface area (Å²) >= 11 is 0. The summed E-state index contributed by atoms with van der Waals surface area (Å²) in [4.78, 5) is 4.15. The van der Waals surface area contributed by atoms with E-state index in [1.54, 1.807) is 7.11 Å². The van der Waals surface area contributed by atoms with E-state index >= 15 is 0 Å². The van der Waals surface area contributed by atoms with E-state index in [-0.39, 0.29) is 0 Å². The normalized spacial score (nSPS) is 11.5. The molecular formula is C12H20N2O. The highest BCUT2D eigenvalue weighted by atomic mass is 16.5. The maximum Gasteiger partial charge on any atom is 0.212 e. The maximum atomic E-state index is 5.00. The number of ether oxygens (including phenoxy) is 1. The van der Waals surface area contributed by atoms with E-state index in [0.717, 1.165) is 13.1 Å². The van der Waals surface area contributed by atoms with E-state index in [9.17, 15) is 0 Å². The van der Waals surface area contributed by atoms with E-state index in [4.69, 9.17) is 4.74 Å². The molecule has 0 atom stereocenters. The third-order valence-electron chi connectivity index (χ3n) is 1.99. The molecule has 0 aliphatic carbocycles. The van der Waals surface area contributed by atoms with Gasteiger partial charge in [0, 0.05) is 25.4 Å². The Hall–Kier alpha value is -1.09. The largest absolute Gasteiger partial charge is 0.481 e. The monoisotopic (exact) mass is 208 g/mol. The fourth-order valence-corrected chi connectivity index (χ4v) is 1.22. The minimum Gasteiger partial charge on any atom is -0.481 e. The van der Waals surface area contributed by atoms with Gasteiger partial charge in [0.15, 0.2) is 0 Å². The van der Waals surface area contributed by atoms with Crippen LogP contribution in [0.15, 0.2) is 18.3 Å². The minimum absolute atomic E-state index is 0.319. The highest BCUT2D eigenvalue weighted by Crippen LogP contribution is 2.11. The van der Waals surface area contributed by atoms with Gasteiger partial charge in [-0.3, -0.25) is 0 Å². The van der Waals surface area contributed by atoms with Crippen LogP contribution in [0.2, 0.25) is 0 Å². The van der Waals surface area contributed by atoms with Gasteiger partial charge in [0.1, 0.15) is 0 Å². The predicted octanol–water partition coefficient (Wildman–Crippen LogP) is 2.23. The molecule has 15 heavy (non-hydrogen) atoms. The van der Waals surface area contributed by atoms with Gasteiger partial charge >= 0.3 is 0 Å². The molecule has 0 radical (unpaired) electrons. The average molecular weight is 208 g/mol. The van der Waals surface area contributed by atoms with Crippen LogP contribution in [-0.2, 0) is 6.54 Å². The van der Waals surface area contributed by atoms with Gasteiger partial charge in [0.25, 0.3) is 0 Å². The molecule has 1 heterocycles. The van der Waals surface area contributed by atoms with Gasteiger partial charge in [-0.25, -0.2) is 4.98 Å². The van der Waals surface area contributed by atoms with E-state index in [0.29, 0.717) is 11.3 Å². The topological polar surface area (TPSA) is 34.1 Å². The van der Waals surface area contributed by atoms with Crippen LogP contribution >= 0.6 is 0 Å². The van der Waals surface area contributed by atoms with Gasteiger partial charge in [0.2, 0.25) is 5.88 Å². The van der Waals surface area contributed by atoms with Crippen LogP contribution in [0, 0.1) is 5.41 Å². The fourth-order valence-electron chi connectivity index (χ4n) is 1.22. The molecule has 84 valence electrons. The molecule has 0 aliphatic rings. The number of rotatable bonds is 4. The van der Waals surface area contributed by atoms with E-state index in [1.807, 2.05) is 18.3 Å². The number of nitrogens with one attached hydrogen (secondary N) is 1. The van der Waals surface area contributed by atoms with Gasteiger partial charge in [-0.15, -0.1) is 0 Å². The average Bonchev–Trinajstić information content (AvgIpc) is 2.17. The highest BCUT2D eigenvalue weighted by molar-refractivity contribution is 5.17. The van der Waals surface area contributed by atoms with Crippen molar-refractivity contribution in [2.45, 2.75) is 27.3 Å². The number of hydrogen-bond acceptors (Lipinski definition) is 3. The summed E-state index contributed by atoms with van der Waals surface area (Å²) in [6.45, 7) is 8.50. The molecule has 1 aromatic rings. The Morgan fingerprint density at radius 2 is 2.07 bits per heavy atom. The van der Waals surface area contributed by atoms with Crippen LogP contribution in [-0.4, -0.2) is 18.6 Å². The van der Waals surface area contributed by atoms with Crippen molar-refractivity contribution in [3.05, 3.63) is 23.9 Å².